The highest BCUT2D eigenvalue weighted by Gasteiger charge is 2.05. The molecule has 1 rings (SSSR count). The lowest BCUT2D eigenvalue weighted by molar-refractivity contribution is 0.0549. The van der Waals surface area contributed by atoms with Crippen LogP contribution in [-0.4, -0.2) is 12.6 Å². The number of allylic oxidation sites excluding steroid dienone is 1. The van der Waals surface area contributed by atoms with E-state index in [1.165, 1.54) is 0 Å². The van der Waals surface area contributed by atoms with Crippen LogP contribution < -0.4 is 0 Å². The molecule has 78 valence electrons. The number of carbonyl (C=O) groups is 1. The lowest BCUT2D eigenvalue weighted by Crippen LogP contribution is -2.05. The molecule has 2 nitrogen and oxygen atoms in total. The zero-order valence-electron chi connectivity index (χ0n) is 8.61. The highest BCUT2D eigenvalue weighted by molar-refractivity contribution is 5.89. The zero-order chi connectivity index (χ0) is 11.1. The van der Waals surface area contributed by atoms with Gasteiger partial charge in [0.1, 0.15) is 6.61 Å². The molecule has 0 fully saturated rings. The summed E-state index contributed by atoms with van der Waals surface area (Å²) in [7, 11) is 0. The van der Waals surface area contributed by atoms with E-state index in [4.69, 9.17) is 4.74 Å². The smallest absolute Gasteiger partial charge is 0.338 e. The monoisotopic (exact) mass is 202 g/mol. The summed E-state index contributed by atoms with van der Waals surface area (Å²) in [6.07, 6.45) is 4.10. The molecule has 0 aliphatic heterocycles. The molecule has 0 saturated heterocycles. The van der Waals surface area contributed by atoms with Gasteiger partial charge in [0.25, 0.3) is 0 Å². The van der Waals surface area contributed by atoms with Gasteiger partial charge in [0.2, 0.25) is 0 Å². The van der Waals surface area contributed by atoms with Gasteiger partial charge in [0.15, 0.2) is 0 Å². The van der Waals surface area contributed by atoms with Crippen LogP contribution in [-0.2, 0) is 11.2 Å². The molecule has 0 unspecified atom stereocenters. The maximum Gasteiger partial charge on any atom is 0.338 e. The first-order valence-corrected chi connectivity index (χ1v) is 4.75. The Morgan fingerprint density at radius 1 is 1.33 bits per heavy atom. The van der Waals surface area contributed by atoms with Crippen LogP contribution in [0.15, 0.2) is 49.6 Å². The maximum atomic E-state index is 11.5. The Balaban J connectivity index is 2.75. The van der Waals surface area contributed by atoms with Crippen LogP contribution in [0.4, 0.5) is 0 Å². The van der Waals surface area contributed by atoms with Gasteiger partial charge >= 0.3 is 5.97 Å². The van der Waals surface area contributed by atoms with Gasteiger partial charge in [0, 0.05) is 0 Å². The van der Waals surface area contributed by atoms with Gasteiger partial charge in [-0.3, -0.25) is 0 Å². The van der Waals surface area contributed by atoms with Crippen molar-refractivity contribution >= 4 is 5.97 Å². The van der Waals surface area contributed by atoms with Gasteiger partial charge < -0.3 is 4.74 Å². The van der Waals surface area contributed by atoms with E-state index in [1.807, 2.05) is 18.2 Å². The summed E-state index contributed by atoms with van der Waals surface area (Å²) in [6.45, 7) is 7.37. The van der Waals surface area contributed by atoms with Gasteiger partial charge in [-0.1, -0.05) is 30.9 Å². The third kappa shape index (κ3) is 3.43. The van der Waals surface area contributed by atoms with E-state index >= 15 is 0 Å². The highest BCUT2D eigenvalue weighted by Crippen LogP contribution is 2.07. The first-order valence-electron chi connectivity index (χ1n) is 4.75. The van der Waals surface area contributed by atoms with Gasteiger partial charge in [-0.15, -0.1) is 6.58 Å². The predicted molar refractivity (Wildman–Crippen MR) is 60.8 cm³/mol. The average molecular weight is 202 g/mol. The highest BCUT2D eigenvalue weighted by atomic mass is 16.5. The van der Waals surface area contributed by atoms with E-state index in [0.717, 1.165) is 12.0 Å². The third-order valence-corrected chi connectivity index (χ3v) is 1.88. The summed E-state index contributed by atoms with van der Waals surface area (Å²) in [5.74, 6) is -0.319. The molecule has 0 amide bonds. The van der Waals surface area contributed by atoms with Crippen molar-refractivity contribution in [1.29, 1.82) is 0 Å². The molecule has 15 heavy (non-hydrogen) atoms. The second-order valence-corrected chi connectivity index (χ2v) is 3.08. The predicted octanol–water partition coefficient (Wildman–Crippen LogP) is 2.76. The van der Waals surface area contributed by atoms with E-state index in [1.54, 1.807) is 18.2 Å². The van der Waals surface area contributed by atoms with Crippen molar-refractivity contribution in [2.75, 3.05) is 6.61 Å². The molecule has 1 aromatic rings. The Morgan fingerprint density at radius 2 is 2.13 bits per heavy atom. The van der Waals surface area contributed by atoms with Crippen molar-refractivity contribution in [3.63, 3.8) is 0 Å². The van der Waals surface area contributed by atoms with E-state index in [-0.39, 0.29) is 12.6 Å². The number of hydrogen-bond acceptors (Lipinski definition) is 2. The lowest BCUT2D eigenvalue weighted by atomic mass is 10.1. The van der Waals surface area contributed by atoms with Crippen molar-refractivity contribution in [1.82, 2.24) is 0 Å². The fourth-order valence-corrected chi connectivity index (χ4v) is 1.21. The Hall–Kier alpha value is -1.83. The standard InChI is InChI=1S/C13H14O2/c1-3-6-11-7-5-8-12(10-11)13(14)15-9-4-2/h3-5,7-8,10H,1-2,6,9H2. The van der Waals surface area contributed by atoms with Crippen molar-refractivity contribution in [2.45, 2.75) is 6.42 Å². The summed E-state index contributed by atoms with van der Waals surface area (Å²) in [4.78, 5) is 11.5. The minimum atomic E-state index is -0.319. The van der Waals surface area contributed by atoms with E-state index in [9.17, 15) is 4.79 Å². The SMILES string of the molecule is C=CCOC(=O)c1cccc(CC=C)c1. The molecule has 1 aromatic carbocycles. The van der Waals surface area contributed by atoms with Crippen LogP contribution in [0.25, 0.3) is 0 Å². The number of benzene rings is 1. The van der Waals surface area contributed by atoms with Crippen molar-refractivity contribution in [3.8, 4) is 0 Å². The quantitative estimate of drug-likeness (QED) is 0.542. The molecular formula is C13H14O2. The third-order valence-electron chi connectivity index (χ3n) is 1.88. The number of esters is 1. The summed E-state index contributed by atoms with van der Waals surface area (Å²) in [5.41, 5.74) is 1.62. The molecule has 0 atom stereocenters. The van der Waals surface area contributed by atoms with Crippen LogP contribution >= 0.6 is 0 Å². The summed E-state index contributed by atoms with van der Waals surface area (Å²) >= 11 is 0. The van der Waals surface area contributed by atoms with Crippen molar-refractivity contribution in [3.05, 3.63) is 60.7 Å². The van der Waals surface area contributed by atoms with Crippen molar-refractivity contribution in [2.24, 2.45) is 0 Å². The van der Waals surface area contributed by atoms with Crippen LogP contribution in [0.3, 0.4) is 0 Å². The Bertz CT molecular complexity index is 367. The topological polar surface area (TPSA) is 26.3 Å². The van der Waals surface area contributed by atoms with E-state index in [2.05, 4.69) is 13.2 Å². The lowest BCUT2D eigenvalue weighted by Gasteiger charge is -2.03. The molecule has 0 heterocycles. The first-order chi connectivity index (χ1) is 7.27. The molecule has 0 aliphatic rings. The second kappa shape index (κ2) is 5.81. The fourth-order valence-electron chi connectivity index (χ4n) is 1.21. The van der Waals surface area contributed by atoms with Gasteiger partial charge in [-0.2, -0.15) is 0 Å². The summed E-state index contributed by atoms with van der Waals surface area (Å²) < 4.78 is 4.93. The molecule has 0 saturated carbocycles. The van der Waals surface area contributed by atoms with Gasteiger partial charge in [0.05, 0.1) is 5.56 Å². The number of hydrogen-bond donors (Lipinski definition) is 0. The number of rotatable bonds is 5. The maximum absolute atomic E-state index is 11.5. The molecule has 2 heteroatoms. The molecular weight excluding hydrogens is 188 g/mol. The molecule has 0 radical (unpaired) electrons. The second-order valence-electron chi connectivity index (χ2n) is 3.08. The van der Waals surface area contributed by atoms with Crippen LogP contribution in [0.2, 0.25) is 0 Å². The van der Waals surface area contributed by atoms with Gasteiger partial charge in [-0.05, 0) is 24.1 Å². The zero-order valence-corrected chi connectivity index (χ0v) is 8.61. The Kier molecular flexibility index (Phi) is 4.35. The first kappa shape index (κ1) is 11.2. The fraction of sp³-hybridized carbons (Fsp3) is 0.154. The largest absolute Gasteiger partial charge is 0.458 e. The van der Waals surface area contributed by atoms with Crippen LogP contribution in [0.1, 0.15) is 15.9 Å². The van der Waals surface area contributed by atoms with Crippen LogP contribution in [0, 0.1) is 0 Å². The van der Waals surface area contributed by atoms with E-state index in [0.29, 0.717) is 5.56 Å². The normalized spacial score (nSPS) is 9.33. The van der Waals surface area contributed by atoms with Gasteiger partial charge in [-0.25, -0.2) is 4.79 Å². The number of carbonyl (C=O) groups excluding carboxylic acids is 1. The minimum Gasteiger partial charge on any atom is -0.458 e. The minimum absolute atomic E-state index is 0.241. The van der Waals surface area contributed by atoms with E-state index < -0.39 is 0 Å². The average Bonchev–Trinajstić information content (AvgIpc) is 2.27. The van der Waals surface area contributed by atoms with Crippen LogP contribution in [0.5, 0.6) is 0 Å². The number of ether oxygens (including phenoxy) is 1. The summed E-state index contributed by atoms with van der Waals surface area (Å²) in [6, 6.07) is 7.33. The Morgan fingerprint density at radius 3 is 2.80 bits per heavy atom. The molecule has 0 aromatic heterocycles. The molecule has 0 N–H and O–H groups in total. The molecule has 0 aliphatic carbocycles. The molecule has 0 bridgehead atoms. The van der Waals surface area contributed by atoms with Crippen molar-refractivity contribution < 1.29 is 9.53 Å². The Labute approximate surface area is 89.9 Å². The summed E-state index contributed by atoms with van der Waals surface area (Å²) in [5, 5.41) is 0. The molecule has 0 spiro atoms.